The molecule has 0 N–H and O–H groups in total. The first-order valence-electron chi connectivity index (χ1n) is 5.86. The van der Waals surface area contributed by atoms with Gasteiger partial charge in [-0.25, -0.2) is 16.8 Å². The molecule has 14 heteroatoms. The molecule has 0 bridgehead atoms. The van der Waals surface area contributed by atoms with Crippen LogP contribution in [0.2, 0.25) is 5.15 Å². The Bertz CT molecular complexity index is 838. The highest BCUT2D eigenvalue weighted by molar-refractivity contribution is 8.10. The van der Waals surface area contributed by atoms with Crippen molar-refractivity contribution in [2.45, 2.75) is 27.6 Å². The van der Waals surface area contributed by atoms with Crippen molar-refractivity contribution in [2.24, 2.45) is 0 Å². The lowest BCUT2D eigenvalue weighted by Crippen LogP contribution is -2.71. The molecule has 0 spiro atoms. The molecule has 0 amide bonds. The topological polar surface area (TPSA) is 72.2 Å². The summed E-state index contributed by atoms with van der Waals surface area (Å²) in [5.74, 6) is -6.63. The first-order valence-corrected chi connectivity index (χ1v) is 9.33. The van der Waals surface area contributed by atoms with Gasteiger partial charge in [0.1, 0.15) is 0 Å². The maximum absolute atomic E-state index is 13.5. The predicted molar refractivity (Wildman–Crippen MR) is 68.1 cm³/mol. The highest BCUT2D eigenvalue weighted by atomic mass is 35.5. The minimum Gasteiger partial charge on any atom is -0.221 e. The Morgan fingerprint density at radius 3 is 1.83 bits per heavy atom. The standard InChI is InChI=1S/C10H7ClF6NO4S2/c11-6-3-1-2-4-18(6)5-7-23(19,20)9(14,15)8(12,13)10(16,17)24(7,21)22/h1-4,7H,5H2/q+1. The molecular weight excluding hydrogens is 412 g/mol. The number of alkyl halides is 6. The summed E-state index contributed by atoms with van der Waals surface area (Å²) >= 11 is 5.58. The van der Waals surface area contributed by atoms with E-state index < -0.39 is 47.2 Å². The lowest BCUT2D eigenvalue weighted by atomic mass is 10.3. The summed E-state index contributed by atoms with van der Waals surface area (Å²) in [5, 5.41) is -13.0. The van der Waals surface area contributed by atoms with E-state index in [1.54, 1.807) is 0 Å². The number of hydrogen-bond acceptors (Lipinski definition) is 4. The summed E-state index contributed by atoms with van der Waals surface area (Å²) < 4.78 is 124. The Balaban J connectivity index is 2.73. The second-order valence-electron chi connectivity index (χ2n) is 4.80. The molecule has 2 rings (SSSR count). The van der Waals surface area contributed by atoms with Gasteiger partial charge in [-0.15, -0.1) is 0 Å². The number of nitrogens with zero attached hydrogens (tertiary/aromatic N) is 1. The first-order chi connectivity index (χ1) is 10.6. The number of rotatable bonds is 2. The van der Waals surface area contributed by atoms with Crippen LogP contribution >= 0.6 is 11.6 Å². The average molecular weight is 419 g/mol. The van der Waals surface area contributed by atoms with E-state index in [9.17, 15) is 43.2 Å². The average Bonchev–Trinajstić information content (AvgIpc) is 2.44. The summed E-state index contributed by atoms with van der Waals surface area (Å²) in [4.78, 5) is 0. The number of halogens is 7. The van der Waals surface area contributed by atoms with Gasteiger partial charge < -0.3 is 0 Å². The van der Waals surface area contributed by atoms with Gasteiger partial charge in [0.25, 0.3) is 5.15 Å². The van der Waals surface area contributed by atoms with Gasteiger partial charge in [0.2, 0.25) is 24.3 Å². The van der Waals surface area contributed by atoms with Gasteiger partial charge in [-0.3, -0.25) is 0 Å². The van der Waals surface area contributed by atoms with E-state index in [1.807, 2.05) is 0 Å². The van der Waals surface area contributed by atoms with Crippen LogP contribution in [-0.2, 0) is 26.2 Å². The lowest BCUT2D eigenvalue weighted by molar-refractivity contribution is -0.692. The molecule has 0 atom stereocenters. The molecule has 24 heavy (non-hydrogen) atoms. The van der Waals surface area contributed by atoms with E-state index in [0.717, 1.165) is 12.3 Å². The Labute approximate surface area is 136 Å². The summed E-state index contributed by atoms with van der Waals surface area (Å²) in [6.07, 6.45) is 0.913. The van der Waals surface area contributed by atoms with Gasteiger partial charge in [-0.1, -0.05) is 0 Å². The Kier molecular flexibility index (Phi) is 4.18. The zero-order chi connectivity index (χ0) is 18.8. The van der Waals surface area contributed by atoms with Crippen molar-refractivity contribution in [1.29, 1.82) is 0 Å². The van der Waals surface area contributed by atoms with Gasteiger partial charge in [0, 0.05) is 12.1 Å². The van der Waals surface area contributed by atoms with Gasteiger partial charge in [-0.05, 0) is 17.7 Å². The zero-order valence-corrected chi connectivity index (χ0v) is 13.5. The summed E-state index contributed by atoms with van der Waals surface area (Å²) in [6.45, 7) is -1.51. The van der Waals surface area contributed by atoms with E-state index in [1.165, 1.54) is 12.1 Å². The SMILES string of the molecule is O=S1(=O)C(C[n+]2ccccc2Cl)S(=O)(=O)C(F)(F)C(F)(F)C1(F)F. The van der Waals surface area contributed by atoms with Crippen LogP contribution in [0.25, 0.3) is 0 Å². The fourth-order valence-electron chi connectivity index (χ4n) is 1.98. The minimum atomic E-state index is -6.63. The monoisotopic (exact) mass is 418 g/mol. The molecular formula is C10H7ClF6NO4S2+. The van der Waals surface area contributed by atoms with Crippen molar-refractivity contribution in [3.05, 3.63) is 29.5 Å². The third-order valence-electron chi connectivity index (χ3n) is 3.37. The Hall–Kier alpha value is -1.08. The molecule has 1 saturated heterocycles. The van der Waals surface area contributed by atoms with Gasteiger partial charge in [0.05, 0.1) is 0 Å². The van der Waals surface area contributed by atoms with Crippen LogP contribution in [-0.4, -0.2) is 37.8 Å². The third kappa shape index (κ3) is 2.17. The fraction of sp³-hybridized carbons (Fsp3) is 0.500. The molecule has 0 unspecified atom stereocenters. The predicted octanol–water partition coefficient (Wildman–Crippen LogP) is 1.62. The number of hydrogen-bond donors (Lipinski definition) is 0. The fourth-order valence-corrected chi connectivity index (χ4v) is 6.65. The molecule has 1 aliphatic rings. The number of pyridine rings is 1. The van der Waals surface area contributed by atoms with Crippen molar-refractivity contribution in [3.63, 3.8) is 0 Å². The smallest absolute Gasteiger partial charge is 0.221 e. The van der Waals surface area contributed by atoms with Crippen molar-refractivity contribution in [3.8, 4) is 0 Å². The zero-order valence-electron chi connectivity index (χ0n) is 11.1. The second-order valence-corrected chi connectivity index (χ2v) is 9.83. The van der Waals surface area contributed by atoms with E-state index in [4.69, 9.17) is 11.6 Å². The summed E-state index contributed by atoms with van der Waals surface area (Å²) in [7, 11) is -13.1. The highest BCUT2D eigenvalue weighted by Crippen LogP contribution is 2.57. The molecule has 5 nitrogen and oxygen atoms in total. The summed E-state index contributed by atoms with van der Waals surface area (Å²) in [6, 6.07) is 3.54. The van der Waals surface area contributed by atoms with Crippen LogP contribution in [0.4, 0.5) is 26.3 Å². The Morgan fingerprint density at radius 2 is 1.42 bits per heavy atom. The van der Waals surface area contributed by atoms with E-state index in [-0.39, 0.29) is 5.15 Å². The molecule has 2 heterocycles. The minimum absolute atomic E-state index is 0.383. The van der Waals surface area contributed by atoms with Crippen LogP contribution in [0.15, 0.2) is 24.4 Å². The van der Waals surface area contributed by atoms with Crippen LogP contribution in [0.3, 0.4) is 0 Å². The highest BCUT2D eigenvalue weighted by Gasteiger charge is 2.89. The normalized spacial score (nSPS) is 26.8. The van der Waals surface area contributed by atoms with Crippen molar-refractivity contribution < 1.29 is 47.7 Å². The maximum atomic E-state index is 13.5. The van der Waals surface area contributed by atoms with E-state index in [0.29, 0.717) is 4.57 Å². The quantitative estimate of drug-likeness (QED) is 0.416. The largest absolute Gasteiger partial charge is 0.416 e. The van der Waals surface area contributed by atoms with Crippen LogP contribution in [0.5, 0.6) is 0 Å². The molecule has 1 aromatic rings. The van der Waals surface area contributed by atoms with Crippen molar-refractivity contribution >= 4 is 31.3 Å². The maximum Gasteiger partial charge on any atom is 0.416 e. The van der Waals surface area contributed by atoms with Gasteiger partial charge >= 0.3 is 16.4 Å². The van der Waals surface area contributed by atoms with Crippen molar-refractivity contribution in [2.75, 3.05) is 0 Å². The number of aromatic nitrogens is 1. The third-order valence-corrected chi connectivity index (χ3v) is 8.86. The second kappa shape index (κ2) is 5.21. The van der Waals surface area contributed by atoms with Gasteiger partial charge in [-0.2, -0.15) is 30.9 Å². The molecule has 136 valence electrons. The van der Waals surface area contributed by atoms with E-state index in [2.05, 4.69) is 0 Å². The molecule has 0 aliphatic carbocycles. The van der Waals surface area contributed by atoms with Crippen LogP contribution in [0.1, 0.15) is 0 Å². The van der Waals surface area contributed by atoms with Crippen LogP contribution < -0.4 is 4.57 Å². The molecule has 0 saturated carbocycles. The van der Waals surface area contributed by atoms with E-state index >= 15 is 0 Å². The first kappa shape index (κ1) is 19.2. The van der Waals surface area contributed by atoms with Crippen LogP contribution in [0, 0.1) is 0 Å². The Morgan fingerprint density at radius 1 is 0.958 bits per heavy atom. The molecule has 0 aromatic carbocycles. The molecule has 1 fully saturated rings. The number of sulfone groups is 2. The molecule has 0 radical (unpaired) electrons. The molecule has 1 aliphatic heterocycles. The van der Waals surface area contributed by atoms with Gasteiger partial charge in [0.15, 0.2) is 12.7 Å². The lowest BCUT2D eigenvalue weighted by Gasteiger charge is -2.38. The van der Waals surface area contributed by atoms with Crippen molar-refractivity contribution in [1.82, 2.24) is 0 Å². The molecule has 1 aromatic heterocycles. The summed E-state index contributed by atoms with van der Waals surface area (Å²) in [5.41, 5.74) is 0.